The maximum absolute atomic E-state index is 13.4. The molecule has 0 fully saturated rings. The van der Waals surface area contributed by atoms with Crippen molar-refractivity contribution in [1.29, 1.82) is 0 Å². The number of para-hydroxylation sites is 1. The van der Waals surface area contributed by atoms with Crippen LogP contribution >= 0.6 is 0 Å². The van der Waals surface area contributed by atoms with Gasteiger partial charge in [-0.25, -0.2) is 0 Å². The second-order valence-corrected chi connectivity index (χ2v) is 11.5. The number of ether oxygens (including phenoxy) is 4. The summed E-state index contributed by atoms with van der Waals surface area (Å²) in [6.07, 6.45) is 3.55. The van der Waals surface area contributed by atoms with Gasteiger partial charge >= 0.3 is 5.97 Å². The molecule has 0 saturated carbocycles. The van der Waals surface area contributed by atoms with Gasteiger partial charge in [-0.05, 0) is 58.5 Å². The predicted octanol–water partition coefficient (Wildman–Crippen LogP) is 7.42. The molecule has 43 heavy (non-hydrogen) atoms. The summed E-state index contributed by atoms with van der Waals surface area (Å²) >= 11 is 0. The molecule has 4 aromatic rings. The van der Waals surface area contributed by atoms with Crippen LogP contribution in [0.25, 0.3) is 6.08 Å². The Bertz CT molecular complexity index is 1760. The van der Waals surface area contributed by atoms with Gasteiger partial charge in [-0.2, -0.15) is 0 Å². The second-order valence-electron chi connectivity index (χ2n) is 11.5. The van der Waals surface area contributed by atoms with E-state index in [9.17, 15) is 9.59 Å². The third-order valence-electron chi connectivity index (χ3n) is 8.38. The molecular weight excluding hydrogens is 540 g/mol. The van der Waals surface area contributed by atoms with Crippen molar-refractivity contribution >= 4 is 17.8 Å². The number of esters is 1. The third kappa shape index (κ3) is 5.18. The van der Waals surface area contributed by atoms with E-state index in [2.05, 4.69) is 38.1 Å². The highest BCUT2D eigenvalue weighted by Gasteiger charge is 2.39. The number of fused-ring (bicyclic) bond motifs is 4. The van der Waals surface area contributed by atoms with E-state index in [0.717, 1.165) is 36.3 Å². The largest absolute Gasteiger partial charge is 0.493 e. The van der Waals surface area contributed by atoms with Crippen molar-refractivity contribution in [3.05, 3.63) is 124 Å². The molecule has 0 N–H and O–H groups in total. The molecule has 3 aliphatic rings. The molecule has 0 aromatic heterocycles. The molecule has 0 radical (unpaired) electrons. The topological polar surface area (TPSA) is 71.1 Å². The normalized spacial score (nSPS) is 17.7. The number of Topliss-reactive ketones (excluding diaryl/α,β-unsaturated/α-hetero) is 1. The van der Waals surface area contributed by atoms with Crippen LogP contribution in [-0.2, 0) is 17.6 Å². The van der Waals surface area contributed by atoms with E-state index < -0.39 is 5.92 Å². The Morgan fingerprint density at radius 3 is 2.58 bits per heavy atom. The lowest BCUT2D eigenvalue weighted by Crippen LogP contribution is -2.22. The van der Waals surface area contributed by atoms with Crippen LogP contribution in [0.3, 0.4) is 0 Å². The van der Waals surface area contributed by atoms with Crippen molar-refractivity contribution in [3.63, 3.8) is 0 Å². The zero-order chi connectivity index (χ0) is 29.5. The van der Waals surface area contributed by atoms with Crippen LogP contribution in [0.1, 0.15) is 75.8 Å². The molecule has 6 nitrogen and oxygen atoms in total. The Balaban J connectivity index is 1.17. The van der Waals surface area contributed by atoms with Crippen molar-refractivity contribution < 1.29 is 28.5 Å². The lowest BCUT2D eigenvalue weighted by molar-refractivity contribution is -0.135. The first kappa shape index (κ1) is 27.0. The molecule has 7 rings (SSSR count). The summed E-state index contributed by atoms with van der Waals surface area (Å²) in [5, 5.41) is 0. The van der Waals surface area contributed by atoms with E-state index in [1.54, 1.807) is 18.2 Å². The molecule has 0 saturated heterocycles. The molecule has 0 spiro atoms. The van der Waals surface area contributed by atoms with Gasteiger partial charge in [-0.3, -0.25) is 9.59 Å². The average Bonchev–Trinajstić information content (AvgIpc) is 3.61. The maximum atomic E-state index is 13.4. The molecule has 0 amide bonds. The summed E-state index contributed by atoms with van der Waals surface area (Å²) in [4.78, 5) is 26.2. The highest BCUT2D eigenvalue weighted by atomic mass is 16.5. The Morgan fingerprint density at radius 2 is 1.74 bits per heavy atom. The lowest BCUT2D eigenvalue weighted by Gasteiger charge is -2.27. The van der Waals surface area contributed by atoms with Gasteiger partial charge in [-0.1, -0.05) is 68.4 Å². The number of ketones is 1. The smallest absolute Gasteiger partial charge is 0.312 e. The average molecular weight is 573 g/mol. The first-order valence-electron chi connectivity index (χ1n) is 14.8. The van der Waals surface area contributed by atoms with Crippen LogP contribution in [0.5, 0.6) is 23.0 Å². The van der Waals surface area contributed by atoms with Crippen molar-refractivity contribution in [3.8, 4) is 23.0 Å². The standard InChI is InChI=1S/C37H32O6/c1-22(2)25-10-7-23(8-11-25)20-33-36(39)28-12-14-32-35(37(28)43-33)29(21-34(38)42-32)27-5-3-4-6-31(27)41-17-15-24-9-13-30-26(19-24)16-18-40-30/h3-14,19-20,22,29H,15-18,21H2,1-2H3/b33-20-. The Morgan fingerprint density at radius 1 is 0.930 bits per heavy atom. The fourth-order valence-electron chi connectivity index (χ4n) is 6.07. The number of carbonyl (C=O) groups is 2. The fourth-order valence-corrected chi connectivity index (χ4v) is 6.07. The zero-order valence-electron chi connectivity index (χ0n) is 24.2. The van der Waals surface area contributed by atoms with Gasteiger partial charge in [0.25, 0.3) is 0 Å². The molecule has 0 aliphatic carbocycles. The molecule has 3 heterocycles. The molecule has 6 heteroatoms. The van der Waals surface area contributed by atoms with Crippen LogP contribution in [0.4, 0.5) is 0 Å². The van der Waals surface area contributed by atoms with Gasteiger partial charge in [0.15, 0.2) is 5.76 Å². The fraction of sp³-hybridized carbons (Fsp3) is 0.243. The monoisotopic (exact) mass is 572 g/mol. The van der Waals surface area contributed by atoms with E-state index in [4.69, 9.17) is 18.9 Å². The third-order valence-corrected chi connectivity index (χ3v) is 8.38. The molecule has 216 valence electrons. The number of hydrogen-bond acceptors (Lipinski definition) is 6. The van der Waals surface area contributed by atoms with Crippen LogP contribution in [-0.4, -0.2) is 25.0 Å². The first-order chi connectivity index (χ1) is 20.9. The van der Waals surface area contributed by atoms with E-state index >= 15 is 0 Å². The molecule has 1 unspecified atom stereocenters. The summed E-state index contributed by atoms with van der Waals surface area (Å²) < 4.78 is 23.9. The van der Waals surface area contributed by atoms with E-state index in [1.807, 2.05) is 42.5 Å². The maximum Gasteiger partial charge on any atom is 0.312 e. The van der Waals surface area contributed by atoms with Crippen molar-refractivity contribution in [1.82, 2.24) is 0 Å². The Kier molecular flexibility index (Phi) is 6.98. The molecule has 0 bridgehead atoms. The van der Waals surface area contributed by atoms with Gasteiger partial charge < -0.3 is 18.9 Å². The minimum absolute atomic E-state index is 0.113. The molecule has 4 aromatic carbocycles. The van der Waals surface area contributed by atoms with E-state index in [-0.39, 0.29) is 23.9 Å². The van der Waals surface area contributed by atoms with E-state index in [0.29, 0.717) is 40.9 Å². The van der Waals surface area contributed by atoms with Gasteiger partial charge in [-0.15, -0.1) is 0 Å². The van der Waals surface area contributed by atoms with Gasteiger partial charge in [0.05, 0.1) is 25.2 Å². The van der Waals surface area contributed by atoms with Gasteiger partial charge in [0.1, 0.15) is 23.0 Å². The quantitative estimate of drug-likeness (QED) is 0.130. The number of benzene rings is 4. The summed E-state index contributed by atoms with van der Waals surface area (Å²) in [5.41, 5.74) is 6.55. The van der Waals surface area contributed by atoms with Crippen molar-refractivity contribution in [2.45, 2.75) is 44.9 Å². The number of allylic oxidation sites excluding steroid dienone is 1. The van der Waals surface area contributed by atoms with Crippen molar-refractivity contribution in [2.75, 3.05) is 13.2 Å². The second kappa shape index (κ2) is 11.1. The summed E-state index contributed by atoms with van der Waals surface area (Å²) in [7, 11) is 0. The van der Waals surface area contributed by atoms with Crippen LogP contribution in [0, 0.1) is 0 Å². The first-order valence-corrected chi connectivity index (χ1v) is 14.8. The summed E-state index contributed by atoms with van der Waals surface area (Å²) in [6.45, 7) is 5.50. The highest BCUT2D eigenvalue weighted by Crippen LogP contribution is 2.50. The molecular formula is C37H32O6. The van der Waals surface area contributed by atoms with Gasteiger partial charge in [0, 0.05) is 29.9 Å². The SMILES string of the molecule is CC(C)c1ccc(/C=C2\Oc3c(ccc4c3C(c3ccccc3OCCc3ccc5c(c3)CCO5)CC(=O)O4)C2=O)cc1. The number of hydrogen-bond donors (Lipinski definition) is 0. The van der Waals surface area contributed by atoms with Crippen LogP contribution < -0.4 is 18.9 Å². The van der Waals surface area contributed by atoms with Crippen LogP contribution in [0.15, 0.2) is 84.6 Å². The number of rotatable bonds is 7. The lowest BCUT2D eigenvalue weighted by atomic mass is 9.84. The number of carbonyl (C=O) groups excluding carboxylic acids is 2. The molecule has 1 atom stereocenters. The highest BCUT2D eigenvalue weighted by molar-refractivity contribution is 6.15. The van der Waals surface area contributed by atoms with E-state index in [1.165, 1.54) is 16.7 Å². The Labute approximate surface area is 250 Å². The zero-order valence-corrected chi connectivity index (χ0v) is 24.2. The van der Waals surface area contributed by atoms with Gasteiger partial charge in [0.2, 0.25) is 5.78 Å². The predicted molar refractivity (Wildman–Crippen MR) is 163 cm³/mol. The Hall–Kier alpha value is -4.84. The van der Waals surface area contributed by atoms with Crippen LogP contribution in [0.2, 0.25) is 0 Å². The molecule has 3 aliphatic heterocycles. The minimum Gasteiger partial charge on any atom is -0.493 e. The summed E-state index contributed by atoms with van der Waals surface area (Å²) in [6, 6.07) is 25.5. The van der Waals surface area contributed by atoms with Crippen molar-refractivity contribution in [2.24, 2.45) is 0 Å². The summed E-state index contributed by atoms with van der Waals surface area (Å²) in [5.74, 6) is 2.27. The minimum atomic E-state index is -0.392.